The van der Waals surface area contributed by atoms with Crippen molar-refractivity contribution < 1.29 is 9.90 Å². The number of benzene rings is 1. The molecule has 7 heteroatoms. The predicted molar refractivity (Wildman–Crippen MR) is 111 cm³/mol. The van der Waals surface area contributed by atoms with Crippen LogP contribution in [0.4, 0.5) is 5.82 Å². The summed E-state index contributed by atoms with van der Waals surface area (Å²) in [5.41, 5.74) is 7.86. The molecule has 1 unspecified atom stereocenters. The van der Waals surface area contributed by atoms with Gasteiger partial charge >= 0.3 is 0 Å². The molecule has 0 saturated carbocycles. The minimum atomic E-state index is -1.63. The van der Waals surface area contributed by atoms with Crippen LogP contribution in [0.2, 0.25) is 0 Å². The number of aliphatic hydroxyl groups is 1. The van der Waals surface area contributed by atoms with Gasteiger partial charge in [-0.25, -0.2) is 15.0 Å². The Morgan fingerprint density at radius 2 is 2.03 bits per heavy atom. The van der Waals surface area contributed by atoms with E-state index in [1.54, 1.807) is 14.0 Å². The highest BCUT2D eigenvalue weighted by Gasteiger charge is 2.39. The van der Waals surface area contributed by atoms with Crippen LogP contribution >= 0.6 is 0 Å². The standard InChI is InChI=1S/C22H21N5O2/c1-14-24-18-8-7-17(26-19(18)20(23)25-14)16-6-3-5-15(13-16)9-11-22(29)10-4-12-27(2)21(22)28/h3,5-8,13,29H,4,10,12H2,1-2H3,(H2,23,24,25). The number of aromatic nitrogens is 3. The van der Waals surface area contributed by atoms with Crippen LogP contribution in [0.1, 0.15) is 24.2 Å². The Morgan fingerprint density at radius 3 is 2.86 bits per heavy atom. The lowest BCUT2D eigenvalue weighted by Gasteiger charge is -2.32. The summed E-state index contributed by atoms with van der Waals surface area (Å²) in [6, 6.07) is 11.2. The van der Waals surface area contributed by atoms with Gasteiger partial charge in [-0.15, -0.1) is 0 Å². The quantitative estimate of drug-likeness (QED) is 0.618. The zero-order valence-electron chi connectivity index (χ0n) is 16.3. The van der Waals surface area contributed by atoms with Crippen LogP contribution in [0.15, 0.2) is 36.4 Å². The number of hydrogen-bond donors (Lipinski definition) is 2. The average Bonchev–Trinajstić information content (AvgIpc) is 2.70. The Labute approximate surface area is 168 Å². The number of nitrogen functional groups attached to an aromatic ring is 1. The van der Waals surface area contributed by atoms with Crippen LogP contribution in [-0.2, 0) is 4.79 Å². The zero-order valence-corrected chi connectivity index (χ0v) is 16.3. The first-order valence-corrected chi connectivity index (χ1v) is 9.38. The van der Waals surface area contributed by atoms with Gasteiger partial charge in [-0.05, 0) is 44.0 Å². The van der Waals surface area contributed by atoms with E-state index in [9.17, 15) is 9.90 Å². The zero-order chi connectivity index (χ0) is 20.6. The van der Waals surface area contributed by atoms with Gasteiger partial charge in [-0.3, -0.25) is 4.79 Å². The van der Waals surface area contributed by atoms with Crippen LogP contribution in [0, 0.1) is 18.8 Å². The van der Waals surface area contributed by atoms with Crippen LogP contribution in [0.3, 0.4) is 0 Å². The van der Waals surface area contributed by atoms with E-state index in [0.29, 0.717) is 46.9 Å². The number of hydrogen-bond acceptors (Lipinski definition) is 6. The van der Waals surface area contributed by atoms with Crippen molar-refractivity contribution >= 4 is 22.8 Å². The molecule has 29 heavy (non-hydrogen) atoms. The summed E-state index contributed by atoms with van der Waals surface area (Å²) in [5, 5.41) is 10.6. The molecule has 1 aliphatic heterocycles. The number of nitrogens with zero attached hydrogens (tertiary/aromatic N) is 4. The highest BCUT2D eigenvalue weighted by molar-refractivity contribution is 5.89. The summed E-state index contributed by atoms with van der Waals surface area (Å²) < 4.78 is 0. The van der Waals surface area contributed by atoms with Crippen molar-refractivity contribution in [1.82, 2.24) is 19.9 Å². The number of piperidine rings is 1. The molecule has 1 saturated heterocycles. The summed E-state index contributed by atoms with van der Waals surface area (Å²) in [5.74, 6) is 6.31. The van der Waals surface area contributed by atoms with Gasteiger partial charge in [-0.2, -0.15) is 0 Å². The molecule has 1 aliphatic rings. The van der Waals surface area contributed by atoms with Gasteiger partial charge in [0, 0.05) is 24.7 Å². The Balaban J connectivity index is 1.68. The number of carbonyl (C=O) groups excluding carboxylic acids is 1. The van der Waals surface area contributed by atoms with Crippen molar-refractivity contribution in [2.24, 2.45) is 0 Å². The normalized spacial score (nSPS) is 19.1. The SMILES string of the molecule is Cc1nc(N)c2nc(-c3cccc(C#CC4(O)CCCN(C)C4=O)c3)ccc2n1. The van der Waals surface area contributed by atoms with Gasteiger partial charge in [0.15, 0.2) is 5.82 Å². The molecule has 1 aromatic carbocycles. The maximum Gasteiger partial charge on any atom is 0.267 e. The Hall–Kier alpha value is -3.50. The maximum atomic E-state index is 12.3. The minimum Gasteiger partial charge on any atom is -0.382 e. The van der Waals surface area contributed by atoms with Gasteiger partial charge in [0.1, 0.15) is 11.3 Å². The van der Waals surface area contributed by atoms with Crippen LogP contribution in [0.25, 0.3) is 22.3 Å². The molecule has 4 rings (SSSR count). The van der Waals surface area contributed by atoms with Gasteiger partial charge in [-0.1, -0.05) is 24.0 Å². The fourth-order valence-electron chi connectivity index (χ4n) is 3.46. The fraction of sp³-hybridized carbons (Fsp3) is 0.273. The van der Waals surface area contributed by atoms with E-state index in [2.05, 4.69) is 26.8 Å². The smallest absolute Gasteiger partial charge is 0.267 e. The second-order valence-corrected chi connectivity index (χ2v) is 7.24. The highest BCUT2D eigenvalue weighted by atomic mass is 16.3. The Kier molecular flexibility index (Phi) is 4.65. The molecule has 1 atom stereocenters. The number of rotatable bonds is 1. The number of anilines is 1. The third-order valence-electron chi connectivity index (χ3n) is 4.99. The number of nitrogens with two attached hydrogens (primary N) is 1. The molecule has 1 amide bonds. The topological polar surface area (TPSA) is 105 Å². The van der Waals surface area contributed by atoms with Gasteiger partial charge in [0.2, 0.25) is 5.60 Å². The molecule has 0 aliphatic carbocycles. The van der Waals surface area contributed by atoms with E-state index in [0.717, 1.165) is 12.0 Å². The van der Waals surface area contributed by atoms with Crippen molar-refractivity contribution in [1.29, 1.82) is 0 Å². The lowest BCUT2D eigenvalue weighted by atomic mass is 9.92. The molecule has 2 aromatic heterocycles. The first-order chi connectivity index (χ1) is 13.9. The van der Waals surface area contributed by atoms with E-state index >= 15 is 0 Å². The highest BCUT2D eigenvalue weighted by Crippen LogP contribution is 2.24. The van der Waals surface area contributed by atoms with Crippen molar-refractivity contribution in [3.05, 3.63) is 47.8 Å². The van der Waals surface area contributed by atoms with Crippen molar-refractivity contribution in [2.75, 3.05) is 19.3 Å². The fourth-order valence-corrected chi connectivity index (χ4v) is 3.46. The summed E-state index contributed by atoms with van der Waals surface area (Å²) in [4.78, 5) is 26.9. The second-order valence-electron chi connectivity index (χ2n) is 7.24. The van der Waals surface area contributed by atoms with Crippen molar-refractivity contribution in [2.45, 2.75) is 25.4 Å². The molecule has 0 bridgehead atoms. The molecule has 3 heterocycles. The van der Waals surface area contributed by atoms with E-state index < -0.39 is 5.60 Å². The number of amides is 1. The van der Waals surface area contributed by atoms with E-state index in [4.69, 9.17) is 5.73 Å². The molecular formula is C22H21N5O2. The number of aryl methyl sites for hydroxylation is 1. The van der Waals surface area contributed by atoms with Gasteiger partial charge in [0.25, 0.3) is 5.91 Å². The second kappa shape index (κ2) is 7.15. The molecule has 3 aromatic rings. The third kappa shape index (κ3) is 3.62. The predicted octanol–water partition coefficient (Wildman–Crippen LogP) is 1.92. The number of likely N-dealkylation sites (tertiary alicyclic amines) is 1. The number of carbonyl (C=O) groups is 1. The molecule has 0 spiro atoms. The summed E-state index contributed by atoms with van der Waals surface area (Å²) in [6.07, 6.45) is 1.06. The summed E-state index contributed by atoms with van der Waals surface area (Å²) in [6.45, 7) is 2.42. The molecule has 1 fully saturated rings. The summed E-state index contributed by atoms with van der Waals surface area (Å²) in [7, 11) is 1.68. The van der Waals surface area contributed by atoms with Crippen LogP contribution in [-0.4, -0.2) is 50.1 Å². The lowest BCUT2D eigenvalue weighted by molar-refractivity contribution is -0.148. The number of fused-ring (bicyclic) bond motifs is 1. The number of likely N-dealkylation sites (N-methyl/N-ethyl adjacent to an activating group) is 1. The number of pyridine rings is 1. The van der Waals surface area contributed by atoms with Crippen molar-refractivity contribution in [3.63, 3.8) is 0 Å². The third-order valence-corrected chi connectivity index (χ3v) is 4.99. The van der Waals surface area contributed by atoms with Crippen LogP contribution < -0.4 is 5.73 Å². The molecule has 0 radical (unpaired) electrons. The van der Waals surface area contributed by atoms with E-state index in [1.807, 2.05) is 36.4 Å². The van der Waals surface area contributed by atoms with Gasteiger partial charge < -0.3 is 15.7 Å². The lowest BCUT2D eigenvalue weighted by Crippen LogP contribution is -2.51. The first kappa shape index (κ1) is 18.8. The van der Waals surface area contributed by atoms with E-state index in [1.165, 1.54) is 4.90 Å². The monoisotopic (exact) mass is 387 g/mol. The van der Waals surface area contributed by atoms with E-state index in [-0.39, 0.29) is 5.91 Å². The Bertz CT molecular complexity index is 1180. The molecule has 7 nitrogen and oxygen atoms in total. The first-order valence-electron chi connectivity index (χ1n) is 9.38. The molecular weight excluding hydrogens is 366 g/mol. The average molecular weight is 387 g/mol. The van der Waals surface area contributed by atoms with Crippen LogP contribution in [0.5, 0.6) is 0 Å². The molecule has 146 valence electrons. The maximum absolute atomic E-state index is 12.3. The van der Waals surface area contributed by atoms with Gasteiger partial charge in [0.05, 0.1) is 11.2 Å². The minimum absolute atomic E-state index is 0.340. The summed E-state index contributed by atoms with van der Waals surface area (Å²) >= 11 is 0. The molecule has 3 N–H and O–H groups in total. The largest absolute Gasteiger partial charge is 0.382 e. The Morgan fingerprint density at radius 1 is 1.21 bits per heavy atom. The van der Waals surface area contributed by atoms with Crippen molar-refractivity contribution in [3.8, 4) is 23.1 Å².